The molecule has 8 heteroatoms. The Morgan fingerprint density at radius 2 is 2.29 bits per heavy atom. The number of anilines is 2. The molecule has 2 rings (SSSR count). The number of rotatable bonds is 6. The van der Waals surface area contributed by atoms with Crippen LogP contribution >= 0.6 is 39.0 Å². The van der Waals surface area contributed by atoms with Crippen LogP contribution in [0.5, 0.6) is 0 Å². The van der Waals surface area contributed by atoms with E-state index in [-0.39, 0.29) is 11.2 Å². The highest BCUT2D eigenvalue weighted by Crippen LogP contribution is 2.29. The van der Waals surface area contributed by atoms with Gasteiger partial charge in [-0.2, -0.15) is 0 Å². The first-order valence-corrected chi connectivity index (χ1v) is 8.88. The number of hydrogen-bond donors (Lipinski definition) is 2. The quantitative estimate of drug-likeness (QED) is 0.737. The fourth-order valence-electron chi connectivity index (χ4n) is 1.49. The second-order valence-corrected chi connectivity index (χ2v) is 7.64. The van der Waals surface area contributed by atoms with Crippen LogP contribution in [0.25, 0.3) is 0 Å². The molecule has 0 saturated carbocycles. The van der Waals surface area contributed by atoms with Crippen LogP contribution < -0.4 is 10.6 Å². The van der Waals surface area contributed by atoms with E-state index in [2.05, 4.69) is 36.8 Å². The predicted octanol–water partition coefficient (Wildman–Crippen LogP) is 3.85. The van der Waals surface area contributed by atoms with Crippen LogP contribution in [0.1, 0.15) is 13.8 Å². The molecule has 0 radical (unpaired) electrons. The van der Waals surface area contributed by atoms with E-state index in [1.54, 1.807) is 0 Å². The largest absolute Gasteiger partial charge is 0.360 e. The van der Waals surface area contributed by atoms with E-state index in [1.807, 2.05) is 38.1 Å². The third-order valence-corrected chi connectivity index (χ3v) is 5.03. The van der Waals surface area contributed by atoms with Crippen molar-refractivity contribution in [3.63, 3.8) is 0 Å². The normalized spacial score (nSPS) is 12.0. The van der Waals surface area contributed by atoms with E-state index in [0.717, 1.165) is 26.2 Å². The predicted molar refractivity (Wildman–Crippen MR) is 92.2 cm³/mol. The van der Waals surface area contributed by atoms with Crippen LogP contribution in [0.2, 0.25) is 0 Å². The summed E-state index contributed by atoms with van der Waals surface area (Å²) in [5.41, 5.74) is 0.771. The van der Waals surface area contributed by atoms with E-state index in [0.29, 0.717) is 0 Å². The lowest BCUT2D eigenvalue weighted by Gasteiger charge is -2.10. The summed E-state index contributed by atoms with van der Waals surface area (Å²) in [6.07, 6.45) is 0. The highest BCUT2D eigenvalue weighted by molar-refractivity contribution is 9.10. The minimum absolute atomic E-state index is 0.0571. The monoisotopic (exact) mass is 386 g/mol. The number of nitrogens with one attached hydrogen (secondary N) is 2. The Hall–Kier alpha value is -1.12. The SMILES string of the molecule is CCNc1nnc(S[C@@H](C)C(=O)Nc2cccc(Br)c2)s1. The molecule has 1 heterocycles. The average Bonchev–Trinajstić information content (AvgIpc) is 2.86. The molecule has 112 valence electrons. The highest BCUT2D eigenvalue weighted by atomic mass is 79.9. The van der Waals surface area contributed by atoms with Gasteiger partial charge in [-0.15, -0.1) is 10.2 Å². The molecule has 2 N–H and O–H groups in total. The second kappa shape index (κ2) is 7.77. The van der Waals surface area contributed by atoms with Gasteiger partial charge in [0, 0.05) is 16.7 Å². The van der Waals surface area contributed by atoms with Gasteiger partial charge in [0.05, 0.1) is 5.25 Å². The van der Waals surface area contributed by atoms with E-state index in [9.17, 15) is 4.79 Å². The topological polar surface area (TPSA) is 66.9 Å². The summed E-state index contributed by atoms with van der Waals surface area (Å²) >= 11 is 6.24. The molecule has 1 amide bonds. The van der Waals surface area contributed by atoms with Gasteiger partial charge in [0.15, 0.2) is 4.34 Å². The molecule has 0 aliphatic heterocycles. The van der Waals surface area contributed by atoms with Crippen LogP contribution in [0.15, 0.2) is 33.1 Å². The molecule has 0 unspecified atom stereocenters. The zero-order chi connectivity index (χ0) is 15.2. The minimum Gasteiger partial charge on any atom is -0.360 e. The molecule has 0 aliphatic rings. The zero-order valence-electron chi connectivity index (χ0n) is 11.6. The van der Waals surface area contributed by atoms with Crippen molar-refractivity contribution in [1.82, 2.24) is 10.2 Å². The Morgan fingerprint density at radius 1 is 1.48 bits per heavy atom. The molecule has 0 spiro atoms. The maximum Gasteiger partial charge on any atom is 0.237 e. The Labute approximate surface area is 140 Å². The summed E-state index contributed by atoms with van der Waals surface area (Å²) in [6, 6.07) is 7.51. The summed E-state index contributed by atoms with van der Waals surface area (Å²) < 4.78 is 1.71. The van der Waals surface area contributed by atoms with Crippen molar-refractivity contribution < 1.29 is 4.79 Å². The molecule has 1 atom stereocenters. The summed E-state index contributed by atoms with van der Waals surface area (Å²) in [4.78, 5) is 12.2. The zero-order valence-corrected chi connectivity index (χ0v) is 14.8. The lowest BCUT2D eigenvalue weighted by Crippen LogP contribution is -2.22. The summed E-state index contributed by atoms with van der Waals surface area (Å²) in [7, 11) is 0. The van der Waals surface area contributed by atoms with Gasteiger partial charge in [-0.25, -0.2) is 0 Å². The van der Waals surface area contributed by atoms with Gasteiger partial charge < -0.3 is 10.6 Å². The summed E-state index contributed by atoms with van der Waals surface area (Å²) in [5.74, 6) is -0.0571. The number of hydrogen-bond acceptors (Lipinski definition) is 6. The molecule has 0 aliphatic carbocycles. The Balaban J connectivity index is 1.92. The van der Waals surface area contributed by atoms with Crippen molar-refractivity contribution in [2.75, 3.05) is 17.2 Å². The molecular formula is C13H15BrN4OS2. The van der Waals surface area contributed by atoms with Gasteiger partial charge in [-0.3, -0.25) is 4.79 Å². The van der Waals surface area contributed by atoms with Gasteiger partial charge in [0.25, 0.3) is 0 Å². The third-order valence-electron chi connectivity index (χ3n) is 2.47. The maximum absolute atomic E-state index is 12.2. The standard InChI is InChI=1S/C13H15BrN4OS2/c1-3-15-12-17-18-13(21-12)20-8(2)11(19)16-10-6-4-5-9(14)7-10/h4-8H,3H2,1-2H3,(H,15,17)(H,16,19)/t8-/m0/s1. The van der Waals surface area contributed by atoms with Crippen molar-refractivity contribution >= 4 is 55.8 Å². The fraction of sp³-hybridized carbons (Fsp3) is 0.308. The Kier molecular flexibility index (Phi) is 6.01. The number of nitrogens with zero attached hydrogens (tertiary/aromatic N) is 2. The highest BCUT2D eigenvalue weighted by Gasteiger charge is 2.17. The number of halogens is 1. The van der Waals surface area contributed by atoms with E-state index < -0.39 is 0 Å². The lowest BCUT2D eigenvalue weighted by atomic mass is 10.3. The van der Waals surface area contributed by atoms with Crippen LogP contribution in [0.3, 0.4) is 0 Å². The van der Waals surface area contributed by atoms with Crippen molar-refractivity contribution in [1.29, 1.82) is 0 Å². The summed E-state index contributed by atoms with van der Waals surface area (Å²) in [6.45, 7) is 4.66. The molecule has 1 aromatic heterocycles. The first kappa shape index (κ1) is 16.3. The van der Waals surface area contributed by atoms with Gasteiger partial charge >= 0.3 is 0 Å². The molecular weight excluding hydrogens is 372 g/mol. The van der Waals surface area contributed by atoms with Crippen LogP contribution in [0.4, 0.5) is 10.8 Å². The van der Waals surface area contributed by atoms with Crippen LogP contribution in [-0.4, -0.2) is 27.9 Å². The van der Waals surface area contributed by atoms with Crippen molar-refractivity contribution in [2.24, 2.45) is 0 Å². The molecule has 0 fully saturated rings. The molecule has 21 heavy (non-hydrogen) atoms. The van der Waals surface area contributed by atoms with Gasteiger partial charge in [0.2, 0.25) is 11.0 Å². The number of aromatic nitrogens is 2. The number of benzene rings is 1. The minimum atomic E-state index is -0.244. The van der Waals surface area contributed by atoms with E-state index in [4.69, 9.17) is 0 Å². The van der Waals surface area contributed by atoms with Gasteiger partial charge in [-0.1, -0.05) is 45.1 Å². The van der Waals surface area contributed by atoms with Crippen molar-refractivity contribution in [3.05, 3.63) is 28.7 Å². The first-order chi connectivity index (χ1) is 10.1. The molecule has 0 saturated heterocycles. The van der Waals surface area contributed by atoms with Crippen molar-refractivity contribution in [2.45, 2.75) is 23.4 Å². The maximum atomic E-state index is 12.2. The van der Waals surface area contributed by atoms with E-state index in [1.165, 1.54) is 23.1 Å². The lowest BCUT2D eigenvalue weighted by molar-refractivity contribution is -0.115. The number of thioether (sulfide) groups is 1. The number of carbonyl (C=O) groups excluding carboxylic acids is 1. The number of carbonyl (C=O) groups is 1. The van der Waals surface area contributed by atoms with Gasteiger partial charge in [0.1, 0.15) is 0 Å². The molecule has 0 bridgehead atoms. The van der Waals surface area contributed by atoms with E-state index >= 15 is 0 Å². The smallest absolute Gasteiger partial charge is 0.237 e. The second-order valence-electron chi connectivity index (χ2n) is 4.16. The molecule has 5 nitrogen and oxygen atoms in total. The Bertz CT molecular complexity index is 620. The first-order valence-electron chi connectivity index (χ1n) is 6.39. The molecule has 2 aromatic rings. The van der Waals surface area contributed by atoms with Crippen LogP contribution in [-0.2, 0) is 4.79 Å². The Morgan fingerprint density at radius 3 is 3.00 bits per heavy atom. The molecule has 1 aromatic carbocycles. The summed E-state index contributed by atoms with van der Waals surface area (Å²) in [5, 5.41) is 14.6. The van der Waals surface area contributed by atoms with Crippen LogP contribution in [0, 0.1) is 0 Å². The average molecular weight is 387 g/mol. The van der Waals surface area contributed by atoms with Crippen molar-refractivity contribution in [3.8, 4) is 0 Å². The number of amides is 1. The fourth-order valence-corrected chi connectivity index (χ4v) is 3.86. The third kappa shape index (κ3) is 4.98. The van der Waals surface area contributed by atoms with Gasteiger partial charge in [-0.05, 0) is 32.0 Å².